The van der Waals surface area contributed by atoms with Gasteiger partial charge in [0.25, 0.3) is 15.9 Å². The highest BCUT2D eigenvalue weighted by Gasteiger charge is 2.15. The topological polar surface area (TPSA) is 102 Å². The Hall–Kier alpha value is -3.65. The van der Waals surface area contributed by atoms with Crippen LogP contribution in [0.5, 0.6) is 0 Å². The van der Waals surface area contributed by atoms with Crippen LogP contribution < -0.4 is 10.0 Å². The van der Waals surface area contributed by atoms with Crippen LogP contribution in [0.15, 0.2) is 77.7 Å². The molecule has 3 aromatic rings. The van der Waals surface area contributed by atoms with Crippen molar-refractivity contribution in [1.29, 1.82) is 0 Å². The minimum Gasteiger partial charge on any atom is -0.462 e. The molecule has 0 radical (unpaired) electrons. The zero-order chi connectivity index (χ0) is 22.4. The predicted molar refractivity (Wildman–Crippen MR) is 119 cm³/mol. The monoisotopic (exact) mass is 438 g/mol. The van der Waals surface area contributed by atoms with Crippen LogP contribution in [0.2, 0.25) is 0 Å². The molecule has 31 heavy (non-hydrogen) atoms. The average molecular weight is 439 g/mol. The van der Waals surface area contributed by atoms with Crippen LogP contribution in [-0.2, 0) is 14.8 Å². The Bertz CT molecular complexity index is 1190. The highest BCUT2D eigenvalue weighted by Crippen LogP contribution is 2.18. The van der Waals surface area contributed by atoms with Crippen molar-refractivity contribution >= 4 is 33.3 Å². The highest BCUT2D eigenvalue weighted by molar-refractivity contribution is 7.92. The van der Waals surface area contributed by atoms with Crippen LogP contribution in [0.1, 0.15) is 33.2 Å². The van der Waals surface area contributed by atoms with Crippen LogP contribution in [-0.4, -0.2) is 26.9 Å². The van der Waals surface area contributed by atoms with Crippen molar-refractivity contribution in [1.82, 2.24) is 0 Å². The number of hydrogen-bond acceptors (Lipinski definition) is 5. The highest BCUT2D eigenvalue weighted by atomic mass is 32.2. The maximum absolute atomic E-state index is 12.5. The van der Waals surface area contributed by atoms with Crippen molar-refractivity contribution in [2.24, 2.45) is 0 Å². The smallest absolute Gasteiger partial charge is 0.338 e. The van der Waals surface area contributed by atoms with Gasteiger partial charge in [-0.25, -0.2) is 13.2 Å². The maximum atomic E-state index is 12.5. The van der Waals surface area contributed by atoms with Crippen LogP contribution in [0.25, 0.3) is 0 Å². The van der Waals surface area contributed by atoms with Crippen molar-refractivity contribution in [2.45, 2.75) is 18.7 Å². The van der Waals surface area contributed by atoms with E-state index in [1.54, 1.807) is 37.3 Å². The summed E-state index contributed by atoms with van der Waals surface area (Å²) < 4.78 is 32.4. The van der Waals surface area contributed by atoms with E-state index in [0.29, 0.717) is 22.5 Å². The molecule has 8 heteroatoms. The molecule has 0 atom stereocenters. The fourth-order valence-corrected chi connectivity index (χ4v) is 3.82. The summed E-state index contributed by atoms with van der Waals surface area (Å²) in [6, 6.07) is 19.0. The second kappa shape index (κ2) is 9.44. The van der Waals surface area contributed by atoms with Crippen molar-refractivity contribution in [3.05, 3.63) is 89.5 Å². The van der Waals surface area contributed by atoms with E-state index in [4.69, 9.17) is 4.74 Å². The molecule has 0 aliphatic carbocycles. The molecule has 160 valence electrons. The molecular formula is C23H22N2O5S. The van der Waals surface area contributed by atoms with E-state index in [0.717, 1.165) is 5.56 Å². The maximum Gasteiger partial charge on any atom is 0.338 e. The lowest BCUT2D eigenvalue weighted by atomic mass is 10.1. The third-order valence-electron chi connectivity index (χ3n) is 4.36. The first-order valence-corrected chi connectivity index (χ1v) is 11.0. The molecule has 0 bridgehead atoms. The quantitative estimate of drug-likeness (QED) is 0.538. The van der Waals surface area contributed by atoms with Gasteiger partial charge < -0.3 is 10.1 Å². The summed E-state index contributed by atoms with van der Waals surface area (Å²) in [4.78, 5) is 24.5. The van der Waals surface area contributed by atoms with Gasteiger partial charge in [-0.05, 0) is 68.4 Å². The Morgan fingerprint density at radius 2 is 1.55 bits per heavy atom. The minimum absolute atomic E-state index is 0.154. The Morgan fingerprint density at radius 3 is 2.19 bits per heavy atom. The molecule has 7 nitrogen and oxygen atoms in total. The number of sulfonamides is 1. The van der Waals surface area contributed by atoms with E-state index in [9.17, 15) is 18.0 Å². The van der Waals surface area contributed by atoms with Crippen LogP contribution >= 0.6 is 0 Å². The van der Waals surface area contributed by atoms with Gasteiger partial charge in [-0.3, -0.25) is 9.52 Å². The average Bonchev–Trinajstić information content (AvgIpc) is 2.74. The molecule has 1 amide bonds. The molecule has 0 spiro atoms. The van der Waals surface area contributed by atoms with E-state index < -0.39 is 21.9 Å². The minimum atomic E-state index is -3.72. The number of carbonyl (C=O) groups excluding carboxylic acids is 2. The molecule has 3 aromatic carbocycles. The first-order chi connectivity index (χ1) is 14.8. The van der Waals surface area contributed by atoms with Crippen LogP contribution in [0.4, 0.5) is 11.4 Å². The molecule has 0 saturated heterocycles. The zero-order valence-corrected chi connectivity index (χ0v) is 17.9. The zero-order valence-electron chi connectivity index (χ0n) is 17.1. The number of benzene rings is 3. The first-order valence-electron chi connectivity index (χ1n) is 9.56. The van der Waals surface area contributed by atoms with Crippen LogP contribution in [0.3, 0.4) is 0 Å². The standard InChI is InChI=1S/C23H22N2O5S/c1-3-30-23(27)18-5-4-6-20(15-18)24-22(26)17-9-11-19(12-10-17)25-31(28,29)21-13-7-16(2)8-14-21/h4-15,25H,3H2,1-2H3,(H,24,26). The molecule has 0 heterocycles. The number of aryl methyl sites for hydroxylation is 1. The predicted octanol–water partition coefficient (Wildman–Crippen LogP) is 4.22. The number of nitrogens with one attached hydrogen (secondary N) is 2. The number of carbonyl (C=O) groups is 2. The van der Waals surface area contributed by atoms with Gasteiger partial charge >= 0.3 is 5.97 Å². The van der Waals surface area contributed by atoms with Gasteiger partial charge in [-0.1, -0.05) is 23.8 Å². The van der Waals surface area contributed by atoms with Gasteiger partial charge in [0.05, 0.1) is 17.1 Å². The number of anilines is 2. The SMILES string of the molecule is CCOC(=O)c1cccc(NC(=O)c2ccc(NS(=O)(=O)c3ccc(C)cc3)cc2)c1. The molecular weight excluding hydrogens is 416 g/mol. The summed E-state index contributed by atoms with van der Waals surface area (Å²) in [5, 5.41) is 2.71. The van der Waals surface area contributed by atoms with Gasteiger partial charge in [-0.15, -0.1) is 0 Å². The van der Waals surface area contributed by atoms with Gasteiger partial charge in [0, 0.05) is 16.9 Å². The summed E-state index contributed by atoms with van der Waals surface area (Å²) in [6.45, 7) is 3.85. The third-order valence-corrected chi connectivity index (χ3v) is 5.76. The van der Waals surface area contributed by atoms with Crippen molar-refractivity contribution in [3.8, 4) is 0 Å². The molecule has 0 fully saturated rings. The Kier molecular flexibility index (Phi) is 6.71. The normalized spacial score (nSPS) is 10.9. The lowest BCUT2D eigenvalue weighted by molar-refractivity contribution is 0.0526. The first kappa shape index (κ1) is 22.0. The van der Waals surface area contributed by atoms with E-state index in [1.165, 1.54) is 42.5 Å². The van der Waals surface area contributed by atoms with Crippen LogP contribution in [0, 0.1) is 6.92 Å². The fourth-order valence-electron chi connectivity index (χ4n) is 2.76. The third kappa shape index (κ3) is 5.70. The van der Waals surface area contributed by atoms with Gasteiger partial charge in [0.2, 0.25) is 0 Å². The number of esters is 1. The molecule has 2 N–H and O–H groups in total. The van der Waals surface area contributed by atoms with Gasteiger partial charge in [-0.2, -0.15) is 0 Å². The largest absolute Gasteiger partial charge is 0.462 e. The molecule has 0 aliphatic rings. The number of hydrogen-bond donors (Lipinski definition) is 2. The molecule has 0 saturated carbocycles. The summed E-state index contributed by atoms with van der Waals surface area (Å²) in [6.07, 6.45) is 0. The summed E-state index contributed by atoms with van der Waals surface area (Å²) in [5.74, 6) is -0.863. The molecule has 3 rings (SSSR count). The molecule has 0 aromatic heterocycles. The lowest BCUT2D eigenvalue weighted by Gasteiger charge is -2.10. The number of amides is 1. The Labute approximate surface area is 181 Å². The van der Waals surface area contributed by atoms with Crippen molar-refractivity contribution < 1.29 is 22.7 Å². The van der Waals surface area contributed by atoms with Crippen molar-refractivity contribution in [3.63, 3.8) is 0 Å². The number of rotatable bonds is 7. The summed E-state index contributed by atoms with van der Waals surface area (Å²) in [5.41, 5.74) is 2.41. The van der Waals surface area contributed by atoms with Gasteiger partial charge in [0.15, 0.2) is 0 Å². The molecule has 0 aliphatic heterocycles. The second-order valence-corrected chi connectivity index (χ2v) is 8.43. The van der Waals surface area contributed by atoms with Gasteiger partial charge in [0.1, 0.15) is 0 Å². The Balaban J connectivity index is 1.68. The summed E-state index contributed by atoms with van der Waals surface area (Å²) >= 11 is 0. The second-order valence-electron chi connectivity index (χ2n) is 6.75. The fraction of sp³-hybridized carbons (Fsp3) is 0.130. The number of ether oxygens (including phenoxy) is 1. The lowest BCUT2D eigenvalue weighted by Crippen LogP contribution is -2.14. The molecule has 0 unspecified atom stereocenters. The summed E-state index contributed by atoms with van der Waals surface area (Å²) in [7, 11) is -3.72. The van der Waals surface area contributed by atoms with E-state index >= 15 is 0 Å². The van der Waals surface area contributed by atoms with E-state index in [-0.39, 0.29) is 11.5 Å². The van der Waals surface area contributed by atoms with E-state index in [2.05, 4.69) is 10.0 Å². The van der Waals surface area contributed by atoms with E-state index in [1.807, 2.05) is 6.92 Å². The van der Waals surface area contributed by atoms with Crippen molar-refractivity contribution in [2.75, 3.05) is 16.6 Å². The Morgan fingerprint density at radius 1 is 0.871 bits per heavy atom.